The number of halogens is 3. The maximum Gasteiger partial charge on any atom is 0.326 e. The van der Waals surface area contributed by atoms with Crippen LogP contribution in [0.2, 0.25) is 5.02 Å². The van der Waals surface area contributed by atoms with Crippen molar-refractivity contribution in [3.8, 4) is 0 Å². The summed E-state index contributed by atoms with van der Waals surface area (Å²) in [7, 11) is 0. The summed E-state index contributed by atoms with van der Waals surface area (Å²) >= 11 is 5.53. The van der Waals surface area contributed by atoms with Gasteiger partial charge in [0.05, 0.1) is 17.0 Å². The second-order valence-corrected chi connectivity index (χ2v) is 4.12. The molecule has 1 rings (SSSR count). The number of carbonyl (C=O) groups excluding carboxylic acids is 1. The molecule has 0 heterocycles. The van der Waals surface area contributed by atoms with E-state index in [0.29, 0.717) is 12.1 Å². The number of amides is 1. The van der Waals surface area contributed by atoms with Gasteiger partial charge in [0.25, 0.3) is 5.91 Å². The van der Waals surface area contributed by atoms with Gasteiger partial charge in [-0.05, 0) is 12.1 Å². The van der Waals surface area contributed by atoms with Crippen LogP contribution in [0, 0.1) is 11.6 Å². The molecule has 1 amide bonds. The van der Waals surface area contributed by atoms with Crippen molar-refractivity contribution in [3.05, 3.63) is 34.4 Å². The molecule has 0 aliphatic rings. The van der Waals surface area contributed by atoms with Crippen molar-refractivity contribution in [3.63, 3.8) is 0 Å². The van der Waals surface area contributed by atoms with Gasteiger partial charge in [-0.1, -0.05) is 11.6 Å². The summed E-state index contributed by atoms with van der Waals surface area (Å²) in [5.41, 5.74) is -0.498. The first kappa shape index (κ1) is 15.8. The first-order valence-electron chi connectivity index (χ1n) is 5.12. The molecule has 0 bridgehead atoms. The molecule has 3 N–H and O–H groups in total. The van der Waals surface area contributed by atoms with E-state index in [1.807, 2.05) is 5.32 Å². The Morgan fingerprint density at radius 3 is 2.25 bits per heavy atom. The molecular weight excluding hydrogens is 300 g/mol. The molecule has 0 saturated carbocycles. The summed E-state index contributed by atoms with van der Waals surface area (Å²) in [6, 6.07) is -0.671. The number of hydrogen-bond acceptors (Lipinski definition) is 3. The molecule has 6 nitrogen and oxygen atoms in total. The highest BCUT2D eigenvalue weighted by molar-refractivity contribution is 6.33. The fourth-order valence-electron chi connectivity index (χ4n) is 1.31. The topological polar surface area (TPSA) is 104 Å². The minimum Gasteiger partial charge on any atom is -0.481 e. The molecule has 108 valence electrons. The zero-order valence-electron chi connectivity index (χ0n) is 9.69. The van der Waals surface area contributed by atoms with Crippen molar-refractivity contribution in [2.45, 2.75) is 12.5 Å². The summed E-state index contributed by atoms with van der Waals surface area (Å²) < 4.78 is 25.8. The van der Waals surface area contributed by atoms with Crippen molar-refractivity contribution in [1.82, 2.24) is 5.32 Å². The number of hydrogen-bond donors (Lipinski definition) is 3. The lowest BCUT2D eigenvalue weighted by atomic mass is 10.1. The van der Waals surface area contributed by atoms with Gasteiger partial charge in [0.15, 0.2) is 11.6 Å². The molecule has 9 heteroatoms. The van der Waals surface area contributed by atoms with Gasteiger partial charge in [0.1, 0.15) is 6.04 Å². The highest BCUT2D eigenvalue weighted by Gasteiger charge is 2.25. The Morgan fingerprint density at radius 1 is 1.20 bits per heavy atom. The third kappa shape index (κ3) is 3.89. The lowest BCUT2D eigenvalue weighted by Crippen LogP contribution is -2.42. The Labute approximate surface area is 116 Å². The molecule has 0 fully saturated rings. The van der Waals surface area contributed by atoms with Crippen molar-refractivity contribution in [2.24, 2.45) is 0 Å². The Kier molecular flexibility index (Phi) is 4.98. The predicted molar refractivity (Wildman–Crippen MR) is 62.5 cm³/mol. The summed E-state index contributed by atoms with van der Waals surface area (Å²) in [6.45, 7) is 0. The Bertz CT molecular complexity index is 578. The average Bonchev–Trinajstić information content (AvgIpc) is 2.32. The monoisotopic (exact) mass is 307 g/mol. The van der Waals surface area contributed by atoms with Gasteiger partial charge in [-0.15, -0.1) is 0 Å². The van der Waals surface area contributed by atoms with Crippen molar-refractivity contribution >= 4 is 29.4 Å². The quantitative estimate of drug-likeness (QED) is 0.711. The van der Waals surface area contributed by atoms with Gasteiger partial charge in [-0.2, -0.15) is 0 Å². The number of rotatable bonds is 5. The standard InChI is InChI=1S/C11H8ClF2NO5/c12-5-2-7(14)6(13)1-4(5)10(18)15-8(11(19)20)3-9(16)17/h1-2,8H,3H2,(H,15,18)(H,16,17)(H,19,20). The van der Waals surface area contributed by atoms with Crippen LogP contribution >= 0.6 is 11.6 Å². The second kappa shape index (κ2) is 6.29. The number of carbonyl (C=O) groups is 3. The van der Waals surface area contributed by atoms with Crippen LogP contribution in [0.5, 0.6) is 0 Å². The molecule has 1 aromatic carbocycles. The number of nitrogens with one attached hydrogen (secondary N) is 1. The normalized spacial score (nSPS) is 11.8. The molecular formula is C11H8ClF2NO5. The van der Waals surface area contributed by atoms with Crippen LogP contribution in [0.25, 0.3) is 0 Å². The molecule has 0 saturated heterocycles. The predicted octanol–water partition coefficient (Wildman–Crippen LogP) is 1.28. The van der Waals surface area contributed by atoms with E-state index in [9.17, 15) is 23.2 Å². The van der Waals surface area contributed by atoms with E-state index >= 15 is 0 Å². The summed E-state index contributed by atoms with van der Waals surface area (Å²) in [6.07, 6.45) is -0.873. The van der Waals surface area contributed by atoms with Gasteiger partial charge in [-0.3, -0.25) is 9.59 Å². The van der Waals surface area contributed by atoms with E-state index in [1.165, 1.54) is 0 Å². The van der Waals surface area contributed by atoms with Crippen LogP contribution in [-0.4, -0.2) is 34.1 Å². The lowest BCUT2D eigenvalue weighted by molar-refractivity contribution is -0.145. The lowest BCUT2D eigenvalue weighted by Gasteiger charge is -2.13. The first-order chi connectivity index (χ1) is 9.22. The third-order valence-corrected chi connectivity index (χ3v) is 2.55. The van der Waals surface area contributed by atoms with Crippen LogP contribution < -0.4 is 5.32 Å². The Morgan fingerprint density at radius 2 is 1.75 bits per heavy atom. The molecule has 0 aliphatic heterocycles. The van der Waals surface area contributed by atoms with E-state index in [0.717, 1.165) is 0 Å². The van der Waals surface area contributed by atoms with E-state index in [2.05, 4.69) is 0 Å². The average molecular weight is 308 g/mol. The van der Waals surface area contributed by atoms with Gasteiger partial charge >= 0.3 is 11.9 Å². The molecule has 0 aromatic heterocycles. The second-order valence-electron chi connectivity index (χ2n) is 3.71. The maximum atomic E-state index is 13.0. The minimum absolute atomic E-state index is 0.430. The van der Waals surface area contributed by atoms with Crippen molar-refractivity contribution < 1.29 is 33.4 Å². The number of aliphatic carboxylic acids is 2. The Hall–Kier alpha value is -2.22. The highest BCUT2D eigenvalue weighted by atomic mass is 35.5. The molecule has 20 heavy (non-hydrogen) atoms. The summed E-state index contributed by atoms with van der Waals surface area (Å²) in [5.74, 6) is -6.77. The first-order valence-corrected chi connectivity index (χ1v) is 5.50. The maximum absolute atomic E-state index is 13.0. The molecule has 0 aliphatic carbocycles. The van der Waals surface area contributed by atoms with Crippen LogP contribution in [-0.2, 0) is 9.59 Å². The van der Waals surface area contributed by atoms with E-state index in [1.54, 1.807) is 0 Å². The molecule has 1 aromatic rings. The van der Waals surface area contributed by atoms with Gasteiger partial charge in [-0.25, -0.2) is 13.6 Å². The molecule has 1 atom stereocenters. The summed E-state index contributed by atoms with van der Waals surface area (Å²) in [4.78, 5) is 32.9. The smallest absolute Gasteiger partial charge is 0.326 e. The van der Waals surface area contributed by atoms with E-state index in [-0.39, 0.29) is 0 Å². The molecule has 1 unspecified atom stereocenters. The largest absolute Gasteiger partial charge is 0.481 e. The van der Waals surface area contributed by atoms with Crippen LogP contribution in [0.4, 0.5) is 8.78 Å². The zero-order chi connectivity index (χ0) is 15.4. The minimum atomic E-state index is -1.72. The number of carboxylic acids is 2. The van der Waals surface area contributed by atoms with Gasteiger partial charge in [0, 0.05) is 0 Å². The van der Waals surface area contributed by atoms with Crippen LogP contribution in [0.1, 0.15) is 16.8 Å². The number of benzene rings is 1. The molecule has 0 radical (unpaired) electrons. The van der Waals surface area contributed by atoms with Crippen LogP contribution in [0.3, 0.4) is 0 Å². The fourth-order valence-corrected chi connectivity index (χ4v) is 1.54. The van der Waals surface area contributed by atoms with E-state index < -0.39 is 52.5 Å². The van der Waals surface area contributed by atoms with Crippen LogP contribution in [0.15, 0.2) is 12.1 Å². The fraction of sp³-hybridized carbons (Fsp3) is 0.182. The van der Waals surface area contributed by atoms with Crippen molar-refractivity contribution in [2.75, 3.05) is 0 Å². The molecule has 0 spiro atoms. The third-order valence-electron chi connectivity index (χ3n) is 2.24. The number of carboxylic acid groups (broad SMARTS) is 2. The van der Waals surface area contributed by atoms with Crippen molar-refractivity contribution in [1.29, 1.82) is 0 Å². The van der Waals surface area contributed by atoms with E-state index in [4.69, 9.17) is 21.8 Å². The SMILES string of the molecule is O=C(O)CC(NC(=O)c1cc(F)c(F)cc1Cl)C(=O)O. The van der Waals surface area contributed by atoms with Gasteiger partial charge < -0.3 is 15.5 Å². The van der Waals surface area contributed by atoms with Gasteiger partial charge in [0.2, 0.25) is 0 Å². The Balaban J connectivity index is 2.97. The summed E-state index contributed by atoms with van der Waals surface area (Å²) in [5, 5.41) is 18.7. The zero-order valence-corrected chi connectivity index (χ0v) is 10.4. The highest BCUT2D eigenvalue weighted by Crippen LogP contribution is 2.20.